The average Bonchev–Trinajstić information content (AvgIpc) is 3.14. The number of fused-ring (bicyclic) bond motifs is 1. The first-order valence-electron chi connectivity index (χ1n) is 8.67. The minimum atomic E-state index is -1.29. The van der Waals surface area contributed by atoms with Gasteiger partial charge in [-0.25, -0.2) is 9.78 Å². The van der Waals surface area contributed by atoms with E-state index < -0.39 is 47.2 Å². The summed E-state index contributed by atoms with van der Waals surface area (Å²) in [6.07, 6.45) is 1.48. The highest BCUT2D eigenvalue weighted by Gasteiger charge is 2.57. The lowest BCUT2D eigenvalue weighted by atomic mass is 9.87. The van der Waals surface area contributed by atoms with Crippen molar-refractivity contribution in [3.63, 3.8) is 0 Å². The van der Waals surface area contributed by atoms with Gasteiger partial charge in [-0.15, -0.1) is 23.1 Å². The van der Waals surface area contributed by atoms with Gasteiger partial charge in [0.05, 0.1) is 3.39 Å². The summed E-state index contributed by atoms with van der Waals surface area (Å²) in [5, 5.41) is 25.6. The van der Waals surface area contributed by atoms with E-state index in [0.717, 1.165) is 11.3 Å². The van der Waals surface area contributed by atoms with Gasteiger partial charge in [-0.05, 0) is 37.9 Å². The fourth-order valence-electron chi connectivity index (χ4n) is 3.04. The standard InChI is InChI=1S/C16H15Br2N5O7S2/c17-7(18)1-16(14(28)29)4-23-12(27)10(13(23)32-5-16)21-11(26)9(22-30-2-8(24)25)6-3-31-15(19)20-6/h1,3,10,13H,2,4-5H2,(H2,19,20)(H,21,26)(H,24,25)(H,28,29)/t10?,13-,16?/m1/s1. The molecule has 0 spiro atoms. The minimum Gasteiger partial charge on any atom is -0.481 e. The molecule has 1 aromatic heterocycles. The number of hydrogen-bond donors (Lipinski definition) is 4. The maximum absolute atomic E-state index is 12.8. The van der Waals surface area contributed by atoms with Crippen LogP contribution in [0, 0.1) is 5.41 Å². The Morgan fingerprint density at radius 2 is 2.16 bits per heavy atom. The van der Waals surface area contributed by atoms with Gasteiger partial charge in [0.25, 0.3) is 5.91 Å². The predicted molar refractivity (Wildman–Crippen MR) is 123 cm³/mol. The summed E-state index contributed by atoms with van der Waals surface area (Å²) in [7, 11) is 0. The van der Waals surface area contributed by atoms with Crippen LogP contribution < -0.4 is 11.1 Å². The van der Waals surface area contributed by atoms with Gasteiger partial charge in [0, 0.05) is 17.7 Å². The molecule has 0 bridgehead atoms. The number of carbonyl (C=O) groups is 4. The Morgan fingerprint density at radius 3 is 2.72 bits per heavy atom. The van der Waals surface area contributed by atoms with Crippen LogP contribution in [0.3, 0.4) is 0 Å². The fraction of sp³-hybridized carbons (Fsp3) is 0.375. The first kappa shape index (κ1) is 24.5. The van der Waals surface area contributed by atoms with E-state index in [4.69, 9.17) is 10.8 Å². The molecule has 172 valence electrons. The number of β-lactam (4-membered cyclic amide) rings is 1. The van der Waals surface area contributed by atoms with Crippen molar-refractivity contribution in [1.82, 2.24) is 15.2 Å². The second-order valence-corrected chi connectivity index (χ2v) is 11.5. The molecular formula is C16H15Br2N5O7S2. The SMILES string of the molecule is Nc1nc(C(=NOCC(=O)O)C(=O)NC2C(=O)N3CC(C=C(Br)Br)(C(=O)O)CS[C@H]23)cs1. The number of anilines is 1. The third-order valence-electron chi connectivity index (χ3n) is 4.53. The van der Waals surface area contributed by atoms with E-state index in [1.165, 1.54) is 28.1 Å². The van der Waals surface area contributed by atoms with Gasteiger partial charge in [0.2, 0.25) is 12.5 Å². The van der Waals surface area contributed by atoms with Crippen LogP contribution in [0.2, 0.25) is 0 Å². The van der Waals surface area contributed by atoms with Crippen LogP contribution in [0.25, 0.3) is 0 Å². The number of carboxylic acids is 2. The highest BCUT2D eigenvalue weighted by Crippen LogP contribution is 2.44. The van der Waals surface area contributed by atoms with Crippen molar-refractivity contribution >= 4 is 89.6 Å². The monoisotopic (exact) mass is 611 g/mol. The Bertz CT molecular complexity index is 1030. The molecule has 1 aromatic rings. The number of nitrogens with zero attached hydrogens (tertiary/aromatic N) is 3. The van der Waals surface area contributed by atoms with E-state index in [1.54, 1.807) is 0 Å². The quantitative estimate of drug-likeness (QED) is 0.184. The predicted octanol–water partition coefficient (Wildman–Crippen LogP) is 0.633. The Labute approximate surface area is 205 Å². The number of oxime groups is 1. The summed E-state index contributed by atoms with van der Waals surface area (Å²) in [5.74, 6) is -3.46. The van der Waals surface area contributed by atoms with E-state index in [1.807, 2.05) is 0 Å². The van der Waals surface area contributed by atoms with Crippen molar-refractivity contribution in [2.75, 3.05) is 24.6 Å². The van der Waals surface area contributed by atoms with Crippen LogP contribution in [-0.2, 0) is 24.0 Å². The number of aromatic nitrogens is 1. The van der Waals surface area contributed by atoms with E-state index in [9.17, 15) is 24.3 Å². The van der Waals surface area contributed by atoms with E-state index in [-0.39, 0.29) is 28.8 Å². The van der Waals surface area contributed by atoms with Gasteiger partial charge in [0.1, 0.15) is 22.5 Å². The fourth-order valence-corrected chi connectivity index (χ4v) is 5.97. The van der Waals surface area contributed by atoms with Crippen molar-refractivity contribution in [2.24, 2.45) is 10.6 Å². The van der Waals surface area contributed by atoms with Gasteiger partial charge in [-0.3, -0.25) is 14.4 Å². The van der Waals surface area contributed by atoms with E-state index >= 15 is 0 Å². The maximum atomic E-state index is 12.8. The number of halogens is 2. The van der Waals surface area contributed by atoms with Crippen LogP contribution in [-0.4, -0.2) is 79.9 Å². The van der Waals surface area contributed by atoms with Crippen LogP contribution >= 0.6 is 55.0 Å². The highest BCUT2D eigenvalue weighted by atomic mass is 79.9. The number of thiazole rings is 1. The van der Waals surface area contributed by atoms with Gasteiger partial charge in [-0.2, -0.15) is 0 Å². The topological polar surface area (TPSA) is 185 Å². The summed E-state index contributed by atoms with van der Waals surface area (Å²) >= 11 is 8.59. The number of rotatable bonds is 8. The normalized spacial score (nSPS) is 24.8. The number of nitrogen functional groups attached to an aromatic ring is 1. The number of carboxylic acid groups (broad SMARTS) is 2. The summed E-state index contributed by atoms with van der Waals surface area (Å²) in [6, 6.07) is -0.920. The number of nitrogens with one attached hydrogen (secondary N) is 1. The molecule has 2 fully saturated rings. The zero-order valence-corrected chi connectivity index (χ0v) is 20.7. The molecule has 32 heavy (non-hydrogen) atoms. The number of thioether (sulfide) groups is 1. The van der Waals surface area contributed by atoms with Gasteiger partial charge < -0.3 is 31.0 Å². The smallest absolute Gasteiger partial charge is 0.344 e. The van der Waals surface area contributed by atoms with Crippen LogP contribution in [0.1, 0.15) is 5.69 Å². The Hall–Kier alpha value is -2.17. The highest BCUT2D eigenvalue weighted by molar-refractivity contribution is 9.28. The third kappa shape index (κ3) is 5.07. The Balaban J connectivity index is 1.74. The molecule has 2 aliphatic rings. The molecule has 0 aliphatic carbocycles. The molecule has 16 heteroatoms. The second-order valence-electron chi connectivity index (χ2n) is 6.69. The molecule has 0 saturated carbocycles. The third-order valence-corrected chi connectivity index (χ3v) is 7.21. The molecular weight excluding hydrogens is 598 g/mol. The lowest BCUT2D eigenvalue weighted by Gasteiger charge is -2.53. The Kier molecular flexibility index (Phi) is 7.46. The van der Waals surface area contributed by atoms with Crippen LogP contribution in [0.4, 0.5) is 5.13 Å². The largest absolute Gasteiger partial charge is 0.481 e. The molecule has 12 nitrogen and oxygen atoms in total. The lowest BCUT2D eigenvalue weighted by Crippen LogP contribution is -2.73. The molecule has 3 rings (SSSR count). The molecule has 2 saturated heterocycles. The number of aliphatic carboxylic acids is 2. The maximum Gasteiger partial charge on any atom is 0.344 e. The van der Waals surface area contributed by atoms with E-state index in [2.05, 4.69) is 52.2 Å². The molecule has 3 heterocycles. The van der Waals surface area contributed by atoms with Crippen LogP contribution in [0.5, 0.6) is 0 Å². The number of carbonyl (C=O) groups excluding carboxylic acids is 2. The number of amides is 2. The van der Waals surface area contributed by atoms with Gasteiger partial charge in [0.15, 0.2) is 10.8 Å². The van der Waals surface area contributed by atoms with Crippen molar-refractivity contribution in [2.45, 2.75) is 11.4 Å². The second kappa shape index (κ2) is 9.76. The molecule has 0 aromatic carbocycles. The lowest BCUT2D eigenvalue weighted by molar-refractivity contribution is -0.156. The van der Waals surface area contributed by atoms with Crippen molar-refractivity contribution < 1.29 is 34.2 Å². The van der Waals surface area contributed by atoms with Gasteiger partial charge >= 0.3 is 11.9 Å². The minimum absolute atomic E-state index is 0.0583. The first-order valence-corrected chi connectivity index (χ1v) is 12.2. The molecule has 3 atom stereocenters. The number of nitrogens with two attached hydrogens (primary N) is 1. The van der Waals surface area contributed by atoms with Gasteiger partial charge in [-0.1, -0.05) is 5.16 Å². The van der Waals surface area contributed by atoms with Crippen molar-refractivity contribution in [3.8, 4) is 0 Å². The molecule has 2 amide bonds. The first-order chi connectivity index (χ1) is 15.0. The Morgan fingerprint density at radius 1 is 1.44 bits per heavy atom. The van der Waals surface area contributed by atoms with Crippen LogP contribution in [0.15, 0.2) is 20.0 Å². The average molecular weight is 613 g/mol. The van der Waals surface area contributed by atoms with Crippen molar-refractivity contribution in [3.05, 3.63) is 20.5 Å². The summed E-state index contributed by atoms with van der Waals surface area (Å²) in [4.78, 5) is 58.0. The van der Waals surface area contributed by atoms with E-state index in [0.29, 0.717) is 3.39 Å². The zero-order valence-electron chi connectivity index (χ0n) is 15.9. The summed E-state index contributed by atoms with van der Waals surface area (Å²) in [5.41, 5.74) is 4.03. The van der Waals surface area contributed by atoms with Crippen molar-refractivity contribution in [1.29, 1.82) is 0 Å². The summed E-state index contributed by atoms with van der Waals surface area (Å²) < 4.78 is 0.453. The summed E-state index contributed by atoms with van der Waals surface area (Å²) in [6.45, 7) is -0.837. The number of hydrogen-bond acceptors (Lipinski definition) is 10. The molecule has 2 unspecified atom stereocenters. The molecule has 0 radical (unpaired) electrons. The molecule has 5 N–H and O–H groups in total. The molecule has 2 aliphatic heterocycles. The zero-order chi connectivity index (χ0) is 23.6.